The van der Waals surface area contributed by atoms with Crippen LogP contribution in [0, 0.1) is 13.8 Å². The van der Waals surface area contributed by atoms with Crippen LogP contribution in [-0.2, 0) is 0 Å². The van der Waals surface area contributed by atoms with E-state index in [1.54, 1.807) is 11.3 Å². The molecule has 0 aliphatic rings. The number of benzene rings is 2. The van der Waals surface area contributed by atoms with Crippen molar-refractivity contribution in [3.63, 3.8) is 0 Å². The molecular formula is C15H13BrN2S. The molecule has 0 saturated heterocycles. The van der Waals surface area contributed by atoms with Gasteiger partial charge in [0, 0.05) is 4.47 Å². The van der Waals surface area contributed by atoms with Gasteiger partial charge in [0.15, 0.2) is 5.13 Å². The molecule has 0 atom stereocenters. The standard InChI is InChI=1S/C15H13BrN2S/c1-9-6-7-11(16)12(8-9)17-15-18-14-10(2)4-3-5-13(14)19-15/h3-8H,1-2H3,(H,17,18). The summed E-state index contributed by atoms with van der Waals surface area (Å²) < 4.78 is 2.26. The van der Waals surface area contributed by atoms with Crippen LogP contribution in [0.15, 0.2) is 40.9 Å². The number of nitrogens with zero attached hydrogens (tertiary/aromatic N) is 1. The Bertz CT molecular complexity index is 749. The Balaban J connectivity index is 2.01. The van der Waals surface area contributed by atoms with E-state index in [1.165, 1.54) is 15.8 Å². The van der Waals surface area contributed by atoms with Crippen LogP contribution in [0.25, 0.3) is 10.2 Å². The number of hydrogen-bond donors (Lipinski definition) is 1. The van der Waals surface area contributed by atoms with Crippen molar-refractivity contribution in [3.05, 3.63) is 52.0 Å². The van der Waals surface area contributed by atoms with Gasteiger partial charge in [0.2, 0.25) is 0 Å². The summed E-state index contributed by atoms with van der Waals surface area (Å²) in [4.78, 5) is 4.66. The third kappa shape index (κ3) is 2.51. The average Bonchev–Trinajstić information content (AvgIpc) is 2.78. The van der Waals surface area contributed by atoms with Gasteiger partial charge in [0.05, 0.1) is 15.9 Å². The van der Waals surface area contributed by atoms with E-state index in [1.807, 2.05) is 0 Å². The van der Waals surface area contributed by atoms with E-state index < -0.39 is 0 Å². The maximum atomic E-state index is 4.66. The van der Waals surface area contributed by atoms with Crippen LogP contribution in [0.4, 0.5) is 10.8 Å². The Kier molecular flexibility index (Phi) is 3.29. The van der Waals surface area contributed by atoms with Crippen LogP contribution in [0.5, 0.6) is 0 Å². The van der Waals surface area contributed by atoms with Gasteiger partial charge in [-0.1, -0.05) is 29.5 Å². The number of halogens is 1. The molecule has 0 unspecified atom stereocenters. The molecule has 0 saturated carbocycles. The van der Waals surface area contributed by atoms with Crippen molar-refractivity contribution >= 4 is 48.3 Å². The molecule has 2 nitrogen and oxygen atoms in total. The smallest absolute Gasteiger partial charge is 0.188 e. The Morgan fingerprint density at radius 1 is 1.16 bits per heavy atom. The lowest BCUT2D eigenvalue weighted by molar-refractivity contribution is 1.38. The number of anilines is 2. The Hall–Kier alpha value is -1.39. The lowest BCUT2D eigenvalue weighted by Crippen LogP contribution is -1.91. The van der Waals surface area contributed by atoms with Crippen molar-refractivity contribution in [3.8, 4) is 0 Å². The highest BCUT2D eigenvalue weighted by Crippen LogP contribution is 2.32. The number of aromatic nitrogens is 1. The first-order chi connectivity index (χ1) is 9.13. The van der Waals surface area contributed by atoms with Crippen molar-refractivity contribution < 1.29 is 0 Å². The molecule has 0 bridgehead atoms. The van der Waals surface area contributed by atoms with Gasteiger partial charge in [-0.3, -0.25) is 0 Å². The molecule has 1 aromatic heterocycles. The monoisotopic (exact) mass is 332 g/mol. The minimum absolute atomic E-state index is 0.926. The van der Waals surface area contributed by atoms with E-state index in [-0.39, 0.29) is 0 Å². The SMILES string of the molecule is Cc1ccc(Br)c(Nc2nc3c(C)cccc3s2)c1. The van der Waals surface area contributed by atoms with E-state index in [4.69, 9.17) is 0 Å². The van der Waals surface area contributed by atoms with Crippen LogP contribution in [0.1, 0.15) is 11.1 Å². The fourth-order valence-corrected chi connectivity index (χ4v) is 3.29. The Morgan fingerprint density at radius 3 is 2.79 bits per heavy atom. The van der Waals surface area contributed by atoms with Crippen LogP contribution in [0.2, 0.25) is 0 Å². The van der Waals surface area contributed by atoms with Gasteiger partial charge in [-0.15, -0.1) is 0 Å². The molecule has 0 spiro atoms. The fourth-order valence-electron chi connectivity index (χ4n) is 1.99. The van der Waals surface area contributed by atoms with Gasteiger partial charge in [-0.05, 0) is 59.1 Å². The molecule has 4 heteroatoms. The zero-order chi connectivity index (χ0) is 13.4. The number of aryl methyl sites for hydroxylation is 2. The van der Waals surface area contributed by atoms with Gasteiger partial charge in [0.1, 0.15) is 0 Å². The van der Waals surface area contributed by atoms with Gasteiger partial charge in [0.25, 0.3) is 0 Å². The normalized spacial score (nSPS) is 10.9. The van der Waals surface area contributed by atoms with Crippen molar-refractivity contribution in [1.82, 2.24) is 4.98 Å². The van der Waals surface area contributed by atoms with E-state index in [0.29, 0.717) is 0 Å². The maximum Gasteiger partial charge on any atom is 0.188 e. The van der Waals surface area contributed by atoms with E-state index >= 15 is 0 Å². The minimum atomic E-state index is 0.926. The van der Waals surface area contributed by atoms with Crippen molar-refractivity contribution in [2.24, 2.45) is 0 Å². The van der Waals surface area contributed by atoms with Crippen molar-refractivity contribution in [2.75, 3.05) is 5.32 Å². The first-order valence-corrected chi connectivity index (χ1v) is 7.64. The van der Waals surface area contributed by atoms with Crippen LogP contribution in [0.3, 0.4) is 0 Å². The summed E-state index contributed by atoms with van der Waals surface area (Å²) in [6.07, 6.45) is 0. The molecule has 96 valence electrons. The third-order valence-corrected chi connectivity index (χ3v) is 4.61. The number of thiazole rings is 1. The zero-order valence-corrected chi connectivity index (χ0v) is 13.1. The van der Waals surface area contributed by atoms with Gasteiger partial charge in [-0.25, -0.2) is 4.98 Å². The topological polar surface area (TPSA) is 24.9 Å². The molecular weight excluding hydrogens is 320 g/mol. The first kappa shape index (κ1) is 12.6. The zero-order valence-electron chi connectivity index (χ0n) is 10.7. The first-order valence-electron chi connectivity index (χ1n) is 6.03. The van der Waals surface area contributed by atoms with Crippen LogP contribution >= 0.6 is 27.3 Å². The van der Waals surface area contributed by atoms with Gasteiger partial charge in [-0.2, -0.15) is 0 Å². The number of nitrogens with one attached hydrogen (secondary N) is 1. The summed E-state index contributed by atoms with van der Waals surface area (Å²) in [6, 6.07) is 12.5. The Morgan fingerprint density at radius 2 is 2.00 bits per heavy atom. The predicted octanol–water partition coefficient (Wildman–Crippen LogP) is 5.42. The maximum absolute atomic E-state index is 4.66. The predicted molar refractivity (Wildman–Crippen MR) is 86.5 cm³/mol. The van der Waals surface area contributed by atoms with Crippen LogP contribution in [-0.4, -0.2) is 4.98 Å². The summed E-state index contributed by atoms with van der Waals surface area (Å²) in [6.45, 7) is 4.18. The molecule has 0 aliphatic heterocycles. The number of hydrogen-bond acceptors (Lipinski definition) is 3. The summed E-state index contributed by atoms with van der Waals surface area (Å²) in [7, 11) is 0. The van der Waals surface area contributed by atoms with E-state index in [2.05, 4.69) is 76.5 Å². The highest BCUT2D eigenvalue weighted by atomic mass is 79.9. The summed E-state index contributed by atoms with van der Waals surface area (Å²) in [5, 5.41) is 4.32. The summed E-state index contributed by atoms with van der Waals surface area (Å²) >= 11 is 5.24. The number of fused-ring (bicyclic) bond motifs is 1. The van der Waals surface area contributed by atoms with E-state index in [9.17, 15) is 0 Å². The van der Waals surface area contributed by atoms with Gasteiger partial charge >= 0.3 is 0 Å². The number of para-hydroxylation sites is 1. The molecule has 3 rings (SSSR count). The number of rotatable bonds is 2. The summed E-state index contributed by atoms with van der Waals surface area (Å²) in [5.41, 5.74) is 4.57. The molecule has 19 heavy (non-hydrogen) atoms. The Labute approximate surface area is 124 Å². The second-order valence-corrected chi connectivity index (χ2v) is 6.43. The molecule has 1 N–H and O–H groups in total. The highest BCUT2D eigenvalue weighted by molar-refractivity contribution is 9.10. The molecule has 0 fully saturated rings. The molecule has 1 heterocycles. The lowest BCUT2D eigenvalue weighted by atomic mass is 10.2. The second kappa shape index (κ2) is 4.94. The quantitative estimate of drug-likeness (QED) is 0.677. The average molecular weight is 333 g/mol. The molecule has 0 aliphatic carbocycles. The molecule has 0 radical (unpaired) electrons. The van der Waals surface area contributed by atoms with Crippen LogP contribution < -0.4 is 5.32 Å². The molecule has 2 aromatic carbocycles. The molecule has 3 aromatic rings. The molecule has 0 amide bonds. The van der Waals surface area contributed by atoms with Gasteiger partial charge < -0.3 is 5.32 Å². The van der Waals surface area contributed by atoms with Crippen molar-refractivity contribution in [2.45, 2.75) is 13.8 Å². The summed E-state index contributed by atoms with van der Waals surface area (Å²) in [5.74, 6) is 0. The lowest BCUT2D eigenvalue weighted by Gasteiger charge is -2.06. The highest BCUT2D eigenvalue weighted by Gasteiger charge is 2.07. The minimum Gasteiger partial charge on any atom is -0.331 e. The van der Waals surface area contributed by atoms with E-state index in [0.717, 1.165) is 20.8 Å². The largest absolute Gasteiger partial charge is 0.331 e. The third-order valence-electron chi connectivity index (χ3n) is 2.98. The van der Waals surface area contributed by atoms with Crippen molar-refractivity contribution in [1.29, 1.82) is 0 Å². The fraction of sp³-hybridized carbons (Fsp3) is 0.133. The second-order valence-electron chi connectivity index (χ2n) is 4.55.